The van der Waals surface area contributed by atoms with E-state index < -0.39 is 27.3 Å². The van der Waals surface area contributed by atoms with Gasteiger partial charge in [0.05, 0.1) is 23.6 Å². The number of aliphatic hydroxyl groups excluding tert-OH is 1. The highest BCUT2D eigenvalue weighted by atomic mass is 35.5. The van der Waals surface area contributed by atoms with Crippen molar-refractivity contribution in [3.05, 3.63) is 70.3 Å². The lowest BCUT2D eigenvalue weighted by molar-refractivity contribution is 0.0455. The van der Waals surface area contributed by atoms with E-state index in [1.165, 1.54) is 11.1 Å². The number of ether oxygens (including phenoxy) is 1. The van der Waals surface area contributed by atoms with Gasteiger partial charge >= 0.3 is 0 Å². The number of hydrogen-bond acceptors (Lipinski definition) is 6. The van der Waals surface area contributed by atoms with Gasteiger partial charge in [0.2, 0.25) is 10.0 Å². The Hall–Kier alpha value is -2.55. The number of nitrogens with one attached hydrogen (secondary N) is 1. The van der Waals surface area contributed by atoms with Crippen molar-refractivity contribution < 1.29 is 23.1 Å². The van der Waals surface area contributed by atoms with Crippen LogP contribution in [-0.2, 0) is 21.9 Å². The van der Waals surface area contributed by atoms with Crippen LogP contribution in [0, 0.1) is 17.8 Å². The molecule has 6 atom stereocenters. The van der Waals surface area contributed by atoms with Gasteiger partial charge in [0.15, 0.2) is 0 Å². The molecular weight excluding hydrogens is 584 g/mol. The number of nitrogens with zero attached hydrogens (tertiary/aromatic N) is 1. The molecule has 2 N–H and O–H groups in total. The van der Waals surface area contributed by atoms with E-state index in [9.17, 15) is 18.3 Å². The SMILES string of the molecule is CCC[C@@H]1[C@@H](C)C/C=C/[C@H](O)[C@@H]2CC[C@H]2CN2C[C@@]3(CCCc4cc(Cl)ccc43)COc3ccc(cc32)C(=O)NS1(=O)=O. The molecule has 0 aromatic heterocycles. The highest BCUT2D eigenvalue weighted by molar-refractivity contribution is 7.90. The zero-order valence-corrected chi connectivity index (χ0v) is 26.7. The summed E-state index contributed by atoms with van der Waals surface area (Å²) in [6.45, 7) is 5.77. The number of carbonyl (C=O) groups excluding carboxylic acids is 1. The third kappa shape index (κ3) is 5.95. The molecule has 1 saturated carbocycles. The van der Waals surface area contributed by atoms with Crippen LogP contribution in [0.1, 0.15) is 80.3 Å². The Kier molecular flexibility index (Phi) is 8.57. The smallest absolute Gasteiger partial charge is 0.264 e. The van der Waals surface area contributed by atoms with Gasteiger partial charge in [0.25, 0.3) is 5.91 Å². The Bertz CT molecular complexity index is 1510. The number of aryl methyl sites for hydroxylation is 1. The molecule has 2 heterocycles. The van der Waals surface area contributed by atoms with E-state index in [1.807, 2.05) is 32.1 Å². The molecule has 0 unspecified atom stereocenters. The van der Waals surface area contributed by atoms with Crippen molar-refractivity contribution in [1.82, 2.24) is 4.72 Å². The zero-order valence-electron chi connectivity index (χ0n) is 25.1. The van der Waals surface area contributed by atoms with Gasteiger partial charge < -0.3 is 14.7 Å². The molecule has 1 spiro atoms. The minimum Gasteiger partial charge on any atom is -0.490 e. The molecule has 7 nitrogen and oxygen atoms in total. The first-order valence-electron chi connectivity index (χ1n) is 15.8. The van der Waals surface area contributed by atoms with Gasteiger partial charge in [-0.3, -0.25) is 4.79 Å². The van der Waals surface area contributed by atoms with E-state index in [2.05, 4.69) is 21.8 Å². The summed E-state index contributed by atoms with van der Waals surface area (Å²) < 4.78 is 36.0. The molecule has 1 fully saturated rings. The van der Waals surface area contributed by atoms with Gasteiger partial charge in [-0.1, -0.05) is 50.1 Å². The minimum absolute atomic E-state index is 0.127. The van der Waals surface area contributed by atoms with Crippen molar-refractivity contribution in [3.63, 3.8) is 0 Å². The molecule has 232 valence electrons. The summed E-state index contributed by atoms with van der Waals surface area (Å²) in [6.07, 6.45) is 9.79. The van der Waals surface area contributed by atoms with Crippen molar-refractivity contribution >= 4 is 33.2 Å². The summed E-state index contributed by atoms with van der Waals surface area (Å²) in [7, 11) is -3.93. The third-order valence-electron chi connectivity index (χ3n) is 10.4. The Morgan fingerprint density at radius 3 is 2.79 bits per heavy atom. The highest BCUT2D eigenvalue weighted by Crippen LogP contribution is 2.46. The lowest BCUT2D eigenvalue weighted by atomic mass is 9.68. The summed E-state index contributed by atoms with van der Waals surface area (Å²) in [5.74, 6) is 0.271. The lowest BCUT2D eigenvalue weighted by Gasteiger charge is -2.45. The van der Waals surface area contributed by atoms with Crippen LogP contribution in [0.2, 0.25) is 5.02 Å². The average Bonchev–Trinajstić information content (AvgIpc) is 3.10. The molecule has 0 saturated heterocycles. The Morgan fingerprint density at radius 2 is 2.02 bits per heavy atom. The van der Waals surface area contributed by atoms with Crippen LogP contribution in [0.5, 0.6) is 5.75 Å². The second-order valence-corrected chi connectivity index (χ2v) is 15.6. The van der Waals surface area contributed by atoms with E-state index in [1.54, 1.807) is 18.2 Å². The summed E-state index contributed by atoms with van der Waals surface area (Å²) in [4.78, 5) is 15.8. The second-order valence-electron chi connectivity index (χ2n) is 13.2. The van der Waals surface area contributed by atoms with E-state index in [0.29, 0.717) is 43.7 Å². The largest absolute Gasteiger partial charge is 0.490 e. The number of benzene rings is 2. The number of halogens is 1. The Labute approximate surface area is 260 Å². The van der Waals surface area contributed by atoms with Crippen LogP contribution in [0.25, 0.3) is 0 Å². The predicted octanol–water partition coefficient (Wildman–Crippen LogP) is 6.02. The van der Waals surface area contributed by atoms with Gasteiger partial charge in [-0.05, 0) is 104 Å². The van der Waals surface area contributed by atoms with Crippen molar-refractivity contribution in [2.75, 3.05) is 24.6 Å². The maximum absolute atomic E-state index is 13.5. The van der Waals surface area contributed by atoms with Crippen LogP contribution in [-0.4, -0.2) is 50.5 Å². The van der Waals surface area contributed by atoms with Crippen LogP contribution < -0.4 is 14.4 Å². The topological polar surface area (TPSA) is 95.9 Å². The van der Waals surface area contributed by atoms with Gasteiger partial charge in [0, 0.05) is 29.1 Å². The molecule has 4 aliphatic rings. The van der Waals surface area contributed by atoms with E-state index >= 15 is 0 Å². The maximum Gasteiger partial charge on any atom is 0.264 e. The summed E-state index contributed by atoms with van der Waals surface area (Å²) in [6, 6.07) is 11.4. The van der Waals surface area contributed by atoms with E-state index in [-0.39, 0.29) is 23.2 Å². The molecule has 2 aromatic carbocycles. The molecule has 0 radical (unpaired) electrons. The molecule has 2 aliphatic carbocycles. The Balaban J connectivity index is 1.42. The van der Waals surface area contributed by atoms with Crippen LogP contribution in [0.4, 0.5) is 5.69 Å². The van der Waals surface area contributed by atoms with E-state index in [4.69, 9.17) is 16.3 Å². The highest BCUT2D eigenvalue weighted by Gasteiger charge is 2.44. The van der Waals surface area contributed by atoms with Crippen LogP contribution in [0.15, 0.2) is 48.6 Å². The number of anilines is 1. The predicted molar refractivity (Wildman–Crippen MR) is 170 cm³/mol. The molecule has 2 bridgehead atoms. The number of aliphatic hydroxyl groups is 1. The number of carbonyl (C=O) groups is 1. The third-order valence-corrected chi connectivity index (χ3v) is 12.6. The number of allylic oxidation sites excluding steroid dienone is 1. The standard InChI is InChI=1S/C34H43ClN2O5S/c1-3-6-32-22(2)7-4-9-30(38)27-13-10-25(27)19-37-20-34(16-5-8-23-17-26(35)12-14-28(23)34)21-42-31-15-11-24(18-29(31)37)33(39)36-43(32,40)41/h4,9,11-12,14-15,17-18,22,25,27,30,32,38H,3,5-8,10,13,16,19-21H2,1-2H3,(H,36,39)/b9-4+/t22-,25-,27+,30-,32+,34-/m0/s1. The van der Waals surface area contributed by atoms with Crippen molar-refractivity contribution in [2.45, 2.75) is 82.0 Å². The second kappa shape index (κ2) is 12.1. The van der Waals surface area contributed by atoms with Gasteiger partial charge in [-0.25, -0.2) is 13.1 Å². The average molecular weight is 627 g/mol. The molecule has 1 amide bonds. The van der Waals surface area contributed by atoms with Gasteiger partial charge in [0.1, 0.15) is 5.75 Å². The quantitative estimate of drug-likeness (QED) is 0.396. The van der Waals surface area contributed by atoms with Crippen LogP contribution >= 0.6 is 11.6 Å². The summed E-state index contributed by atoms with van der Waals surface area (Å²) in [5.41, 5.74) is 3.35. The summed E-state index contributed by atoms with van der Waals surface area (Å²) in [5, 5.41) is 11.2. The van der Waals surface area contributed by atoms with Gasteiger partial charge in [-0.15, -0.1) is 0 Å². The molecule has 43 heavy (non-hydrogen) atoms. The molecule has 2 aliphatic heterocycles. The number of rotatable bonds is 2. The number of fused-ring (bicyclic) bond motifs is 4. The van der Waals surface area contributed by atoms with Crippen molar-refractivity contribution in [2.24, 2.45) is 17.8 Å². The first kappa shape index (κ1) is 30.5. The lowest BCUT2D eigenvalue weighted by Crippen LogP contribution is -2.49. The first-order valence-corrected chi connectivity index (χ1v) is 17.7. The van der Waals surface area contributed by atoms with Crippen molar-refractivity contribution in [3.8, 4) is 5.75 Å². The molecular formula is C34H43ClN2O5S. The molecule has 6 rings (SSSR count). The fourth-order valence-electron chi connectivity index (χ4n) is 7.83. The first-order chi connectivity index (χ1) is 20.6. The minimum atomic E-state index is -3.93. The number of hydrogen-bond donors (Lipinski definition) is 2. The Morgan fingerprint density at radius 1 is 1.19 bits per heavy atom. The molecule has 9 heteroatoms. The fraction of sp³-hybridized carbons (Fsp3) is 0.559. The van der Waals surface area contributed by atoms with E-state index in [0.717, 1.165) is 49.4 Å². The van der Waals surface area contributed by atoms with Crippen molar-refractivity contribution in [1.29, 1.82) is 0 Å². The summed E-state index contributed by atoms with van der Waals surface area (Å²) >= 11 is 6.39. The number of sulfonamides is 1. The monoisotopic (exact) mass is 626 g/mol. The maximum atomic E-state index is 13.5. The normalized spacial score (nSPS) is 32.8. The van der Waals surface area contributed by atoms with Gasteiger partial charge in [-0.2, -0.15) is 0 Å². The fourth-order valence-corrected chi connectivity index (χ4v) is 9.82. The zero-order chi connectivity index (χ0) is 30.4. The number of amides is 1. The van der Waals surface area contributed by atoms with Crippen LogP contribution in [0.3, 0.4) is 0 Å². The molecule has 2 aromatic rings.